The monoisotopic (exact) mass is 181 g/mol. The number of aldehydes is 1. The lowest BCUT2D eigenvalue weighted by Crippen LogP contribution is -2.02. The largest absolute Gasteiger partial charge is 0.298 e. The van der Waals surface area contributed by atoms with Gasteiger partial charge in [-0.25, -0.2) is 0 Å². The quantitative estimate of drug-likeness (QED) is 0.522. The molecular weight excluding hydrogens is 169 g/mol. The minimum atomic E-state index is 0.727. The maximum atomic E-state index is 10.3. The average Bonchev–Trinajstić information content (AvgIpc) is 2.05. The molecule has 1 atom stereocenters. The first-order chi connectivity index (χ1) is 5.72. The van der Waals surface area contributed by atoms with Crippen LogP contribution in [0.2, 0.25) is 0 Å². The van der Waals surface area contributed by atoms with E-state index in [9.17, 15) is 4.79 Å². The summed E-state index contributed by atoms with van der Waals surface area (Å²) >= 11 is 0. The number of nitrogens with zero attached hydrogens (tertiary/aromatic N) is 1. The summed E-state index contributed by atoms with van der Waals surface area (Å²) in [4.78, 5) is 10.3. The van der Waals surface area contributed by atoms with E-state index < -0.39 is 0 Å². The molecule has 0 heterocycles. The molecule has 0 N–H and O–H groups in total. The molecule has 0 saturated carbocycles. The second-order valence-electron chi connectivity index (χ2n) is 2.77. The van der Waals surface area contributed by atoms with Crippen LogP contribution in [-0.2, 0) is 6.54 Å². The number of carbonyl (C=O) groups is 1. The zero-order valence-corrected chi connectivity index (χ0v) is 8.18. The highest BCUT2D eigenvalue weighted by molar-refractivity contribution is 7.13. The lowest BCUT2D eigenvalue weighted by molar-refractivity contribution is 0.112. The fourth-order valence-corrected chi connectivity index (χ4v) is 1.20. The van der Waals surface area contributed by atoms with Gasteiger partial charge in [-0.1, -0.05) is 33.7 Å². The Balaban J connectivity index is 2.71. The molecule has 0 aliphatic carbocycles. The molecule has 12 heavy (non-hydrogen) atoms. The van der Waals surface area contributed by atoms with Gasteiger partial charge in [0.15, 0.2) is 0 Å². The van der Waals surface area contributed by atoms with Crippen LogP contribution in [0.15, 0.2) is 24.3 Å². The van der Waals surface area contributed by atoms with Gasteiger partial charge in [-0.2, -0.15) is 0 Å². The third-order valence-electron chi connectivity index (χ3n) is 1.55. The SMILES string of the molecule is CN(P)Cc1ccc(C=O)cc1. The van der Waals surface area contributed by atoms with Gasteiger partial charge in [0.05, 0.1) is 0 Å². The Labute approximate surface area is 74.8 Å². The van der Waals surface area contributed by atoms with Crippen LogP contribution in [0.5, 0.6) is 0 Å². The zero-order chi connectivity index (χ0) is 8.97. The number of benzene rings is 1. The summed E-state index contributed by atoms with van der Waals surface area (Å²) in [6.07, 6.45) is 0.855. The van der Waals surface area contributed by atoms with E-state index in [1.165, 1.54) is 5.56 Å². The Kier molecular flexibility index (Phi) is 3.39. The predicted molar refractivity (Wildman–Crippen MR) is 53.0 cm³/mol. The summed E-state index contributed by atoms with van der Waals surface area (Å²) in [5.41, 5.74) is 1.93. The van der Waals surface area contributed by atoms with Crippen LogP contribution in [-0.4, -0.2) is 18.0 Å². The van der Waals surface area contributed by atoms with Gasteiger partial charge in [0.25, 0.3) is 0 Å². The number of hydrogen-bond donors (Lipinski definition) is 0. The van der Waals surface area contributed by atoms with Gasteiger partial charge in [0, 0.05) is 12.1 Å². The van der Waals surface area contributed by atoms with Gasteiger partial charge < -0.3 is 0 Å². The minimum absolute atomic E-state index is 0.727. The van der Waals surface area contributed by atoms with Crippen molar-refractivity contribution in [2.24, 2.45) is 0 Å². The molecule has 0 aliphatic heterocycles. The summed E-state index contributed by atoms with van der Waals surface area (Å²) in [5, 5.41) is 0. The average molecular weight is 181 g/mol. The molecule has 1 rings (SSSR count). The predicted octanol–water partition coefficient (Wildman–Crippen LogP) is 1.72. The lowest BCUT2D eigenvalue weighted by atomic mass is 10.1. The summed E-state index contributed by atoms with van der Waals surface area (Å²) < 4.78 is 2.01. The molecule has 3 heteroatoms. The Morgan fingerprint density at radius 3 is 2.42 bits per heavy atom. The van der Waals surface area contributed by atoms with Crippen LogP contribution in [0.25, 0.3) is 0 Å². The molecule has 0 bridgehead atoms. The van der Waals surface area contributed by atoms with Crippen LogP contribution in [0.4, 0.5) is 0 Å². The van der Waals surface area contributed by atoms with E-state index in [1.807, 2.05) is 36.0 Å². The molecule has 0 radical (unpaired) electrons. The van der Waals surface area contributed by atoms with Crippen LogP contribution in [0.1, 0.15) is 15.9 Å². The first kappa shape index (κ1) is 9.37. The highest BCUT2D eigenvalue weighted by atomic mass is 31.0. The lowest BCUT2D eigenvalue weighted by Gasteiger charge is -2.08. The van der Waals surface area contributed by atoms with Crippen LogP contribution < -0.4 is 0 Å². The van der Waals surface area contributed by atoms with E-state index in [0.717, 1.165) is 18.4 Å². The molecule has 1 unspecified atom stereocenters. The standard InChI is InChI=1S/C9H12NOP/c1-10(12)6-8-2-4-9(7-11)5-3-8/h2-5,7H,6,12H2,1H3. The maximum Gasteiger partial charge on any atom is 0.150 e. The van der Waals surface area contributed by atoms with Crippen LogP contribution >= 0.6 is 9.39 Å². The van der Waals surface area contributed by atoms with E-state index in [2.05, 4.69) is 9.39 Å². The van der Waals surface area contributed by atoms with Gasteiger partial charge in [-0.3, -0.25) is 9.46 Å². The molecule has 0 fully saturated rings. The Morgan fingerprint density at radius 2 is 2.00 bits per heavy atom. The van der Waals surface area contributed by atoms with E-state index in [1.54, 1.807) is 0 Å². The van der Waals surface area contributed by atoms with Gasteiger partial charge >= 0.3 is 0 Å². The van der Waals surface area contributed by atoms with Gasteiger partial charge in [-0.05, 0) is 12.6 Å². The number of carbonyl (C=O) groups excluding carboxylic acids is 1. The second-order valence-corrected chi connectivity index (χ2v) is 3.66. The Bertz CT molecular complexity index is 256. The highest BCUT2D eigenvalue weighted by Crippen LogP contribution is 2.07. The van der Waals surface area contributed by atoms with Gasteiger partial charge in [-0.15, -0.1) is 0 Å². The smallest absolute Gasteiger partial charge is 0.150 e. The van der Waals surface area contributed by atoms with E-state index in [-0.39, 0.29) is 0 Å². The van der Waals surface area contributed by atoms with Crippen molar-refractivity contribution in [2.75, 3.05) is 7.05 Å². The van der Waals surface area contributed by atoms with E-state index in [4.69, 9.17) is 0 Å². The van der Waals surface area contributed by atoms with Gasteiger partial charge in [0.2, 0.25) is 0 Å². The van der Waals surface area contributed by atoms with Crippen molar-refractivity contribution >= 4 is 15.7 Å². The molecule has 2 nitrogen and oxygen atoms in total. The third kappa shape index (κ3) is 2.72. The fraction of sp³-hybridized carbons (Fsp3) is 0.222. The molecular formula is C9H12NOP. The van der Waals surface area contributed by atoms with Crippen molar-refractivity contribution in [3.8, 4) is 0 Å². The Morgan fingerprint density at radius 1 is 1.42 bits per heavy atom. The normalized spacial score (nSPS) is 10.2. The van der Waals surface area contributed by atoms with Crippen molar-refractivity contribution in [2.45, 2.75) is 6.54 Å². The maximum absolute atomic E-state index is 10.3. The van der Waals surface area contributed by atoms with Crippen LogP contribution in [0, 0.1) is 0 Å². The third-order valence-corrected chi connectivity index (χ3v) is 1.73. The highest BCUT2D eigenvalue weighted by Gasteiger charge is 1.94. The molecule has 64 valence electrons. The molecule has 0 aromatic heterocycles. The van der Waals surface area contributed by atoms with Crippen molar-refractivity contribution in [3.05, 3.63) is 35.4 Å². The fourth-order valence-electron chi connectivity index (χ4n) is 0.990. The summed E-state index contributed by atoms with van der Waals surface area (Å²) in [7, 11) is 4.58. The summed E-state index contributed by atoms with van der Waals surface area (Å²) in [6.45, 7) is 0.879. The molecule has 0 saturated heterocycles. The summed E-state index contributed by atoms with van der Waals surface area (Å²) in [5.74, 6) is 0. The second kappa shape index (κ2) is 4.34. The van der Waals surface area contributed by atoms with Crippen molar-refractivity contribution < 1.29 is 4.79 Å². The number of rotatable bonds is 3. The van der Waals surface area contributed by atoms with Crippen molar-refractivity contribution in [1.82, 2.24) is 4.67 Å². The topological polar surface area (TPSA) is 20.3 Å². The molecule has 0 spiro atoms. The van der Waals surface area contributed by atoms with E-state index in [0.29, 0.717) is 0 Å². The van der Waals surface area contributed by atoms with Crippen molar-refractivity contribution in [1.29, 1.82) is 0 Å². The summed E-state index contributed by atoms with van der Waals surface area (Å²) in [6, 6.07) is 7.58. The first-order valence-corrected chi connectivity index (χ1v) is 4.24. The zero-order valence-electron chi connectivity index (χ0n) is 7.03. The molecule has 0 aliphatic rings. The Hall–Kier alpha value is -0.720. The number of hydrogen-bond acceptors (Lipinski definition) is 2. The van der Waals surface area contributed by atoms with Crippen LogP contribution in [0.3, 0.4) is 0 Å². The van der Waals surface area contributed by atoms with Gasteiger partial charge in [0.1, 0.15) is 6.29 Å². The molecule has 0 amide bonds. The molecule has 1 aromatic carbocycles. The van der Waals surface area contributed by atoms with E-state index >= 15 is 0 Å². The van der Waals surface area contributed by atoms with Crippen molar-refractivity contribution in [3.63, 3.8) is 0 Å². The minimum Gasteiger partial charge on any atom is -0.298 e. The molecule has 1 aromatic rings. The first-order valence-electron chi connectivity index (χ1n) is 3.72.